The predicted octanol–water partition coefficient (Wildman–Crippen LogP) is 4.16. The first-order chi connectivity index (χ1) is 15.0. The number of nitrogens with zero attached hydrogens (tertiary/aromatic N) is 3. The smallest absolute Gasteiger partial charge is 0.302 e. The van der Waals surface area contributed by atoms with E-state index in [-0.39, 0.29) is 17.3 Å². The maximum atomic E-state index is 13.0. The van der Waals surface area contributed by atoms with Crippen LogP contribution in [0.25, 0.3) is 5.76 Å². The number of aromatic nitrogens is 2. The van der Waals surface area contributed by atoms with Gasteiger partial charge in [0.1, 0.15) is 11.5 Å². The van der Waals surface area contributed by atoms with Crippen molar-refractivity contribution >= 4 is 35.0 Å². The molecule has 156 valence electrons. The Morgan fingerprint density at radius 3 is 2.45 bits per heavy atom. The molecule has 1 saturated heterocycles. The summed E-state index contributed by atoms with van der Waals surface area (Å²) in [4.78, 5) is 35.4. The molecule has 2 heterocycles. The second kappa shape index (κ2) is 8.57. The van der Waals surface area contributed by atoms with Gasteiger partial charge in [0.25, 0.3) is 5.78 Å². The van der Waals surface area contributed by atoms with Crippen molar-refractivity contribution in [3.05, 3.63) is 88.7 Å². The summed E-state index contributed by atoms with van der Waals surface area (Å²) in [7, 11) is 0. The topological polar surface area (TPSA) is 92.6 Å². The molecule has 1 atom stereocenters. The number of aliphatic hydroxyl groups excluding tert-OH is 1. The molecule has 2 aromatic carbocycles. The van der Waals surface area contributed by atoms with E-state index in [0.717, 1.165) is 0 Å². The standard InChI is InChI=1S/C23H18ClN3O4/c1-2-31-17-9-7-14(8-10-17)20(28)18-19(15-5-3-6-16(24)13-15)27(22(30)21(18)29)23-25-11-4-12-26-23/h3-13,19,28H,2H2,1H3/b20-18+. The number of Topliss-reactive ketones (excluding diaryl/α,β-unsaturated/α-hetero) is 1. The molecule has 7 nitrogen and oxygen atoms in total. The SMILES string of the molecule is CCOc1ccc(/C(O)=C2\C(=O)C(=O)N(c3ncccn3)C2c2cccc(Cl)c2)cc1. The largest absolute Gasteiger partial charge is 0.507 e. The van der Waals surface area contributed by atoms with Crippen LogP contribution in [-0.2, 0) is 9.59 Å². The molecule has 1 N–H and O–H groups in total. The Balaban J connectivity index is 1.89. The minimum atomic E-state index is -0.937. The van der Waals surface area contributed by atoms with Crippen molar-refractivity contribution in [3.8, 4) is 5.75 Å². The van der Waals surface area contributed by atoms with Crippen molar-refractivity contribution in [1.82, 2.24) is 9.97 Å². The highest BCUT2D eigenvalue weighted by atomic mass is 35.5. The van der Waals surface area contributed by atoms with Crippen LogP contribution < -0.4 is 9.64 Å². The number of ketones is 1. The van der Waals surface area contributed by atoms with Crippen LogP contribution in [0, 0.1) is 0 Å². The summed E-state index contributed by atoms with van der Waals surface area (Å²) in [6.07, 6.45) is 2.95. The summed E-state index contributed by atoms with van der Waals surface area (Å²) in [6.45, 7) is 2.37. The molecule has 1 fully saturated rings. The Morgan fingerprint density at radius 2 is 1.81 bits per heavy atom. The molecule has 3 aromatic rings. The van der Waals surface area contributed by atoms with Gasteiger partial charge in [0, 0.05) is 23.0 Å². The highest BCUT2D eigenvalue weighted by molar-refractivity contribution is 6.51. The molecule has 1 amide bonds. The van der Waals surface area contributed by atoms with Gasteiger partial charge in [-0.15, -0.1) is 0 Å². The van der Waals surface area contributed by atoms with E-state index < -0.39 is 17.7 Å². The van der Waals surface area contributed by atoms with Crippen LogP contribution in [0.5, 0.6) is 5.75 Å². The molecule has 1 aliphatic heterocycles. The fraction of sp³-hybridized carbons (Fsp3) is 0.130. The maximum absolute atomic E-state index is 13.0. The summed E-state index contributed by atoms with van der Waals surface area (Å²) in [5, 5.41) is 11.5. The van der Waals surface area contributed by atoms with Crippen LogP contribution in [-0.4, -0.2) is 33.4 Å². The van der Waals surface area contributed by atoms with Gasteiger partial charge in [-0.1, -0.05) is 23.7 Å². The van der Waals surface area contributed by atoms with Gasteiger partial charge in [0.15, 0.2) is 0 Å². The Kier molecular flexibility index (Phi) is 5.68. The summed E-state index contributed by atoms with van der Waals surface area (Å²) in [5.74, 6) is -1.28. The van der Waals surface area contributed by atoms with Gasteiger partial charge >= 0.3 is 5.91 Å². The Bertz CT molecular complexity index is 1160. The molecule has 0 radical (unpaired) electrons. The Morgan fingerprint density at radius 1 is 1.10 bits per heavy atom. The van der Waals surface area contributed by atoms with Crippen molar-refractivity contribution in [2.24, 2.45) is 0 Å². The van der Waals surface area contributed by atoms with E-state index in [1.807, 2.05) is 6.92 Å². The maximum Gasteiger partial charge on any atom is 0.302 e. The van der Waals surface area contributed by atoms with E-state index in [2.05, 4.69) is 9.97 Å². The number of amides is 1. The zero-order valence-electron chi connectivity index (χ0n) is 16.5. The molecule has 0 bridgehead atoms. The van der Waals surface area contributed by atoms with E-state index in [1.165, 1.54) is 17.3 Å². The summed E-state index contributed by atoms with van der Waals surface area (Å²) >= 11 is 6.17. The third kappa shape index (κ3) is 3.87. The van der Waals surface area contributed by atoms with Gasteiger partial charge in [-0.2, -0.15) is 0 Å². The van der Waals surface area contributed by atoms with Gasteiger partial charge in [0.05, 0.1) is 18.2 Å². The summed E-state index contributed by atoms with van der Waals surface area (Å²) < 4.78 is 5.42. The normalized spacial score (nSPS) is 17.7. The molecule has 0 spiro atoms. The molecule has 0 aliphatic carbocycles. The van der Waals surface area contributed by atoms with E-state index >= 15 is 0 Å². The average molecular weight is 436 g/mol. The minimum absolute atomic E-state index is 0.0559. The van der Waals surface area contributed by atoms with Gasteiger partial charge in [-0.3, -0.25) is 14.5 Å². The van der Waals surface area contributed by atoms with E-state index in [0.29, 0.717) is 28.5 Å². The van der Waals surface area contributed by atoms with Gasteiger partial charge in [-0.05, 0) is 55.0 Å². The van der Waals surface area contributed by atoms with Crippen molar-refractivity contribution in [1.29, 1.82) is 0 Å². The molecule has 1 unspecified atom stereocenters. The molecule has 0 saturated carbocycles. The Hall–Kier alpha value is -3.71. The number of aliphatic hydroxyl groups is 1. The summed E-state index contributed by atoms with van der Waals surface area (Å²) in [5.41, 5.74) is 0.859. The van der Waals surface area contributed by atoms with Crippen molar-refractivity contribution < 1.29 is 19.4 Å². The lowest BCUT2D eigenvalue weighted by Crippen LogP contribution is -2.31. The molecule has 4 rings (SSSR count). The van der Waals surface area contributed by atoms with Crippen molar-refractivity contribution in [2.45, 2.75) is 13.0 Å². The fourth-order valence-electron chi connectivity index (χ4n) is 3.48. The van der Waals surface area contributed by atoms with Crippen LogP contribution in [0.2, 0.25) is 5.02 Å². The van der Waals surface area contributed by atoms with Gasteiger partial charge in [0.2, 0.25) is 5.95 Å². The van der Waals surface area contributed by atoms with Crippen LogP contribution in [0.1, 0.15) is 24.1 Å². The van der Waals surface area contributed by atoms with Crippen molar-refractivity contribution in [2.75, 3.05) is 11.5 Å². The highest BCUT2D eigenvalue weighted by Crippen LogP contribution is 2.41. The molecule has 1 aliphatic rings. The first-order valence-electron chi connectivity index (χ1n) is 9.58. The first kappa shape index (κ1) is 20.6. The highest BCUT2D eigenvalue weighted by Gasteiger charge is 2.48. The zero-order valence-corrected chi connectivity index (χ0v) is 17.3. The second-order valence-corrected chi connectivity index (χ2v) is 7.17. The fourth-order valence-corrected chi connectivity index (χ4v) is 3.68. The average Bonchev–Trinajstić information content (AvgIpc) is 3.05. The number of anilines is 1. The van der Waals surface area contributed by atoms with E-state index in [9.17, 15) is 14.7 Å². The second-order valence-electron chi connectivity index (χ2n) is 6.73. The number of halogens is 1. The van der Waals surface area contributed by atoms with Gasteiger partial charge < -0.3 is 9.84 Å². The lowest BCUT2D eigenvalue weighted by Gasteiger charge is -2.23. The molecule has 8 heteroatoms. The monoisotopic (exact) mass is 435 g/mol. The molecular formula is C23H18ClN3O4. The zero-order chi connectivity index (χ0) is 22.0. The summed E-state index contributed by atoms with van der Waals surface area (Å²) in [6, 6.07) is 14.0. The van der Waals surface area contributed by atoms with E-state index in [4.69, 9.17) is 16.3 Å². The lowest BCUT2D eigenvalue weighted by molar-refractivity contribution is -0.132. The van der Waals surface area contributed by atoms with Crippen molar-refractivity contribution in [3.63, 3.8) is 0 Å². The van der Waals surface area contributed by atoms with Gasteiger partial charge in [-0.25, -0.2) is 9.97 Å². The van der Waals surface area contributed by atoms with Crippen LogP contribution >= 0.6 is 11.6 Å². The quantitative estimate of drug-likeness (QED) is 0.367. The first-order valence-corrected chi connectivity index (χ1v) is 9.95. The minimum Gasteiger partial charge on any atom is -0.507 e. The molecule has 31 heavy (non-hydrogen) atoms. The third-order valence-electron chi connectivity index (χ3n) is 4.82. The molecular weight excluding hydrogens is 418 g/mol. The predicted molar refractivity (Wildman–Crippen MR) is 116 cm³/mol. The number of hydrogen-bond donors (Lipinski definition) is 1. The molecule has 1 aromatic heterocycles. The number of rotatable bonds is 5. The number of carbonyl (C=O) groups is 2. The van der Waals surface area contributed by atoms with Crippen LogP contribution in [0.4, 0.5) is 5.95 Å². The van der Waals surface area contributed by atoms with E-state index in [1.54, 1.807) is 54.6 Å². The number of carbonyl (C=O) groups excluding carboxylic acids is 2. The number of benzene rings is 2. The number of hydrogen-bond acceptors (Lipinski definition) is 6. The van der Waals surface area contributed by atoms with Crippen LogP contribution in [0.15, 0.2) is 72.6 Å². The lowest BCUT2D eigenvalue weighted by atomic mass is 9.95. The Labute approximate surface area is 183 Å². The van der Waals surface area contributed by atoms with Crippen LogP contribution in [0.3, 0.4) is 0 Å². The third-order valence-corrected chi connectivity index (χ3v) is 5.05. The number of ether oxygens (including phenoxy) is 1.